The Morgan fingerprint density at radius 3 is 2.69 bits per heavy atom. The molecule has 3 heteroatoms. The van der Waals surface area contributed by atoms with Crippen molar-refractivity contribution in [2.45, 2.75) is 19.3 Å². The molecule has 0 aromatic heterocycles. The summed E-state index contributed by atoms with van der Waals surface area (Å²) in [6, 6.07) is 9.79. The molecule has 16 heavy (non-hydrogen) atoms. The average molecular weight is 221 g/mol. The SMILES string of the molecule is COCCCNC(=O)[C@@H](C)c1ccccc1. The van der Waals surface area contributed by atoms with Crippen molar-refractivity contribution >= 4 is 5.91 Å². The van der Waals surface area contributed by atoms with Crippen molar-refractivity contribution in [3.8, 4) is 0 Å². The molecular weight excluding hydrogens is 202 g/mol. The van der Waals surface area contributed by atoms with Crippen LogP contribution in [0.3, 0.4) is 0 Å². The highest BCUT2D eigenvalue weighted by molar-refractivity contribution is 5.83. The summed E-state index contributed by atoms with van der Waals surface area (Å²) in [5.41, 5.74) is 1.05. The highest BCUT2D eigenvalue weighted by Crippen LogP contribution is 2.14. The van der Waals surface area contributed by atoms with Crippen LogP contribution in [-0.4, -0.2) is 26.2 Å². The van der Waals surface area contributed by atoms with Crippen molar-refractivity contribution in [3.63, 3.8) is 0 Å². The number of hydrogen-bond donors (Lipinski definition) is 1. The minimum atomic E-state index is -0.0938. The third-order valence-electron chi connectivity index (χ3n) is 2.52. The van der Waals surface area contributed by atoms with E-state index in [9.17, 15) is 4.79 Å². The molecule has 0 fully saturated rings. The van der Waals surface area contributed by atoms with E-state index in [4.69, 9.17) is 4.74 Å². The normalized spacial score (nSPS) is 12.1. The summed E-state index contributed by atoms with van der Waals surface area (Å²) in [6.07, 6.45) is 0.851. The quantitative estimate of drug-likeness (QED) is 0.745. The molecule has 1 aromatic rings. The van der Waals surface area contributed by atoms with E-state index in [1.807, 2.05) is 37.3 Å². The molecule has 0 aliphatic rings. The van der Waals surface area contributed by atoms with Gasteiger partial charge in [-0.15, -0.1) is 0 Å². The Bertz CT molecular complexity index is 311. The summed E-state index contributed by atoms with van der Waals surface area (Å²) in [4.78, 5) is 11.8. The monoisotopic (exact) mass is 221 g/mol. The van der Waals surface area contributed by atoms with Crippen molar-refractivity contribution in [2.24, 2.45) is 0 Å². The van der Waals surface area contributed by atoms with Crippen molar-refractivity contribution in [2.75, 3.05) is 20.3 Å². The number of carbonyl (C=O) groups is 1. The van der Waals surface area contributed by atoms with E-state index >= 15 is 0 Å². The standard InChI is InChI=1S/C13H19NO2/c1-11(12-7-4-3-5-8-12)13(15)14-9-6-10-16-2/h3-5,7-8,11H,6,9-10H2,1-2H3,(H,14,15)/t11-/m0/s1. The Labute approximate surface area is 96.8 Å². The van der Waals surface area contributed by atoms with E-state index in [0.29, 0.717) is 13.2 Å². The van der Waals surface area contributed by atoms with Gasteiger partial charge in [0, 0.05) is 20.3 Å². The molecule has 0 radical (unpaired) electrons. The fourth-order valence-corrected chi connectivity index (χ4v) is 1.47. The first kappa shape index (κ1) is 12.7. The molecule has 1 N–H and O–H groups in total. The van der Waals surface area contributed by atoms with Gasteiger partial charge < -0.3 is 10.1 Å². The fraction of sp³-hybridized carbons (Fsp3) is 0.462. The lowest BCUT2D eigenvalue weighted by molar-refractivity contribution is -0.122. The van der Waals surface area contributed by atoms with Crippen molar-refractivity contribution in [3.05, 3.63) is 35.9 Å². The molecule has 1 rings (SSSR count). The molecule has 0 aliphatic heterocycles. The van der Waals surface area contributed by atoms with Gasteiger partial charge in [-0.05, 0) is 18.9 Å². The summed E-state index contributed by atoms with van der Waals surface area (Å²) in [5.74, 6) is -0.0222. The second kappa shape index (κ2) is 7.01. The van der Waals surface area contributed by atoms with Crippen LogP contribution in [0.4, 0.5) is 0 Å². The van der Waals surface area contributed by atoms with Gasteiger partial charge in [0.1, 0.15) is 0 Å². The first-order chi connectivity index (χ1) is 7.75. The van der Waals surface area contributed by atoms with E-state index < -0.39 is 0 Å². The van der Waals surface area contributed by atoms with Gasteiger partial charge in [-0.2, -0.15) is 0 Å². The van der Waals surface area contributed by atoms with Crippen LogP contribution in [0.2, 0.25) is 0 Å². The number of methoxy groups -OCH3 is 1. The van der Waals surface area contributed by atoms with Crippen LogP contribution < -0.4 is 5.32 Å². The first-order valence-electron chi connectivity index (χ1n) is 5.57. The number of benzene rings is 1. The maximum absolute atomic E-state index is 11.8. The Kier molecular flexibility index (Phi) is 5.57. The lowest BCUT2D eigenvalue weighted by Crippen LogP contribution is -2.29. The van der Waals surface area contributed by atoms with Crippen molar-refractivity contribution in [1.82, 2.24) is 5.32 Å². The number of ether oxygens (including phenoxy) is 1. The van der Waals surface area contributed by atoms with Gasteiger partial charge in [-0.3, -0.25) is 4.79 Å². The average Bonchev–Trinajstić information content (AvgIpc) is 2.34. The van der Waals surface area contributed by atoms with E-state index in [2.05, 4.69) is 5.32 Å². The number of amides is 1. The summed E-state index contributed by atoms with van der Waals surface area (Å²) in [6.45, 7) is 3.27. The molecule has 1 atom stereocenters. The highest BCUT2D eigenvalue weighted by atomic mass is 16.5. The van der Waals surface area contributed by atoms with Crippen LogP contribution >= 0.6 is 0 Å². The topological polar surface area (TPSA) is 38.3 Å². The molecule has 0 saturated carbocycles. The third kappa shape index (κ3) is 4.03. The van der Waals surface area contributed by atoms with E-state index in [-0.39, 0.29) is 11.8 Å². The third-order valence-corrected chi connectivity index (χ3v) is 2.52. The predicted octanol–water partition coefficient (Wildman–Crippen LogP) is 1.94. The molecule has 1 aromatic carbocycles. The molecule has 0 unspecified atom stereocenters. The Morgan fingerprint density at radius 1 is 1.38 bits per heavy atom. The van der Waals surface area contributed by atoms with Crippen molar-refractivity contribution in [1.29, 1.82) is 0 Å². The maximum Gasteiger partial charge on any atom is 0.227 e. The molecule has 0 saturated heterocycles. The zero-order valence-electron chi connectivity index (χ0n) is 9.90. The van der Waals surface area contributed by atoms with Crippen molar-refractivity contribution < 1.29 is 9.53 Å². The van der Waals surface area contributed by atoms with E-state index in [1.54, 1.807) is 7.11 Å². The van der Waals surface area contributed by atoms with E-state index in [1.165, 1.54) is 0 Å². The summed E-state index contributed by atoms with van der Waals surface area (Å²) < 4.78 is 4.92. The predicted molar refractivity (Wildman–Crippen MR) is 64.4 cm³/mol. The van der Waals surface area contributed by atoms with Gasteiger partial charge in [0.2, 0.25) is 5.91 Å². The van der Waals surface area contributed by atoms with Gasteiger partial charge in [-0.25, -0.2) is 0 Å². The molecule has 3 nitrogen and oxygen atoms in total. The van der Waals surface area contributed by atoms with Gasteiger partial charge >= 0.3 is 0 Å². The number of carbonyl (C=O) groups excluding carboxylic acids is 1. The van der Waals surface area contributed by atoms with Gasteiger partial charge in [-0.1, -0.05) is 30.3 Å². The second-order valence-corrected chi connectivity index (χ2v) is 3.77. The zero-order chi connectivity index (χ0) is 11.8. The second-order valence-electron chi connectivity index (χ2n) is 3.77. The molecule has 0 bridgehead atoms. The number of nitrogens with one attached hydrogen (secondary N) is 1. The fourth-order valence-electron chi connectivity index (χ4n) is 1.47. The van der Waals surface area contributed by atoms with Crippen LogP contribution in [0.1, 0.15) is 24.8 Å². The lowest BCUT2D eigenvalue weighted by Gasteiger charge is -2.12. The molecule has 0 heterocycles. The summed E-state index contributed by atoms with van der Waals surface area (Å²) in [5, 5.41) is 2.90. The zero-order valence-corrected chi connectivity index (χ0v) is 9.90. The summed E-state index contributed by atoms with van der Waals surface area (Å²) in [7, 11) is 1.66. The van der Waals surface area contributed by atoms with Crippen LogP contribution in [0.15, 0.2) is 30.3 Å². The Balaban J connectivity index is 2.37. The maximum atomic E-state index is 11.8. The van der Waals surface area contributed by atoms with E-state index in [0.717, 1.165) is 12.0 Å². The Morgan fingerprint density at radius 2 is 2.06 bits per heavy atom. The number of hydrogen-bond acceptors (Lipinski definition) is 2. The van der Waals surface area contributed by atoms with Crippen LogP contribution in [0.25, 0.3) is 0 Å². The molecule has 1 amide bonds. The first-order valence-corrected chi connectivity index (χ1v) is 5.57. The van der Waals surface area contributed by atoms with Gasteiger partial charge in [0.25, 0.3) is 0 Å². The molecule has 0 spiro atoms. The van der Waals surface area contributed by atoms with Gasteiger partial charge in [0.15, 0.2) is 0 Å². The van der Waals surface area contributed by atoms with Crippen LogP contribution in [0, 0.1) is 0 Å². The minimum Gasteiger partial charge on any atom is -0.385 e. The smallest absolute Gasteiger partial charge is 0.227 e. The van der Waals surface area contributed by atoms with Crippen LogP contribution in [0.5, 0.6) is 0 Å². The highest BCUT2D eigenvalue weighted by Gasteiger charge is 2.13. The summed E-state index contributed by atoms with van der Waals surface area (Å²) >= 11 is 0. The van der Waals surface area contributed by atoms with Crippen LogP contribution in [-0.2, 0) is 9.53 Å². The molecular formula is C13H19NO2. The molecule has 88 valence electrons. The minimum absolute atomic E-state index is 0.0716. The largest absolute Gasteiger partial charge is 0.385 e. The number of rotatable bonds is 6. The van der Waals surface area contributed by atoms with Gasteiger partial charge in [0.05, 0.1) is 5.92 Å². The lowest BCUT2D eigenvalue weighted by atomic mass is 10.0. The molecule has 0 aliphatic carbocycles. The Hall–Kier alpha value is -1.35.